The molecule has 2 aliphatic rings. The van der Waals surface area contributed by atoms with E-state index in [1.807, 2.05) is 50.3 Å². The van der Waals surface area contributed by atoms with Gasteiger partial charge in [-0.3, -0.25) is 4.79 Å². The summed E-state index contributed by atoms with van der Waals surface area (Å²) in [5.74, 6) is -0.171. The van der Waals surface area contributed by atoms with Gasteiger partial charge in [0.15, 0.2) is 5.78 Å². The molecule has 3 rings (SSSR count). The molecule has 1 N–H and O–H groups in total. The average molecular weight is 338 g/mol. The Kier molecular flexibility index (Phi) is 4.70. The zero-order valence-electron chi connectivity index (χ0n) is 15.4. The maximum absolute atomic E-state index is 12.9. The Labute approximate surface area is 149 Å². The van der Waals surface area contributed by atoms with Gasteiger partial charge in [-0.05, 0) is 57.7 Å². The van der Waals surface area contributed by atoms with Crippen LogP contribution < -0.4 is 0 Å². The first-order valence-electron chi connectivity index (χ1n) is 8.86. The van der Waals surface area contributed by atoms with E-state index in [0.29, 0.717) is 5.57 Å². The van der Waals surface area contributed by atoms with E-state index < -0.39 is 0 Å². The summed E-state index contributed by atoms with van der Waals surface area (Å²) in [6.07, 6.45) is 6.88. The van der Waals surface area contributed by atoms with E-state index in [4.69, 9.17) is 4.74 Å². The van der Waals surface area contributed by atoms with Gasteiger partial charge < -0.3 is 9.84 Å². The molecule has 0 saturated carbocycles. The van der Waals surface area contributed by atoms with Crippen molar-refractivity contribution < 1.29 is 14.6 Å². The molecule has 0 spiro atoms. The van der Waals surface area contributed by atoms with Crippen molar-refractivity contribution >= 4 is 11.9 Å². The van der Waals surface area contributed by atoms with E-state index in [9.17, 15) is 9.90 Å². The highest BCUT2D eigenvalue weighted by Crippen LogP contribution is 2.39. The standard InChI is InChI=1S/C22H26O3/c1-14-5-7-16(8-6-14)9-10-18(23)20-15(2)13-19-17(21(20)24)11-12-22(3,4)25-19/h5-10,13,17,19,23H,11-12H2,1-4H3/b10-9+,20-18?. The number of carbonyl (C=O) groups is 1. The van der Waals surface area contributed by atoms with E-state index in [2.05, 4.69) is 13.8 Å². The van der Waals surface area contributed by atoms with Crippen molar-refractivity contribution in [3.05, 3.63) is 64.4 Å². The molecule has 1 aliphatic carbocycles. The number of Topliss-reactive ketones (excluding diaryl/α,β-unsaturated/α-hetero) is 1. The Hall–Kier alpha value is -2.13. The first-order valence-corrected chi connectivity index (χ1v) is 8.86. The number of ketones is 1. The molecule has 132 valence electrons. The van der Waals surface area contributed by atoms with Crippen LogP contribution in [0.15, 0.2) is 53.3 Å². The predicted octanol–water partition coefficient (Wildman–Crippen LogP) is 4.92. The van der Waals surface area contributed by atoms with Crippen molar-refractivity contribution in [1.82, 2.24) is 0 Å². The van der Waals surface area contributed by atoms with Crippen LogP contribution in [0, 0.1) is 12.8 Å². The summed E-state index contributed by atoms with van der Waals surface area (Å²) in [4.78, 5) is 12.9. The summed E-state index contributed by atoms with van der Waals surface area (Å²) >= 11 is 0. The molecule has 3 nitrogen and oxygen atoms in total. The minimum atomic E-state index is -0.202. The molecule has 1 aromatic rings. The smallest absolute Gasteiger partial charge is 0.172 e. The highest BCUT2D eigenvalue weighted by molar-refractivity contribution is 6.03. The number of hydrogen-bond acceptors (Lipinski definition) is 3. The van der Waals surface area contributed by atoms with Crippen LogP contribution in [0.3, 0.4) is 0 Å². The minimum Gasteiger partial charge on any atom is -0.507 e. The van der Waals surface area contributed by atoms with Gasteiger partial charge in [-0.25, -0.2) is 0 Å². The summed E-state index contributed by atoms with van der Waals surface area (Å²) in [5, 5.41) is 10.5. The number of aliphatic hydroxyl groups excluding tert-OH is 1. The molecule has 25 heavy (non-hydrogen) atoms. The number of benzene rings is 1. The van der Waals surface area contributed by atoms with Crippen molar-refractivity contribution in [2.75, 3.05) is 0 Å². The quantitative estimate of drug-likeness (QED) is 0.615. The van der Waals surface area contributed by atoms with Crippen molar-refractivity contribution in [1.29, 1.82) is 0 Å². The van der Waals surface area contributed by atoms with Gasteiger partial charge in [0.1, 0.15) is 5.76 Å². The summed E-state index contributed by atoms with van der Waals surface area (Å²) in [5.41, 5.74) is 3.19. The fourth-order valence-electron chi connectivity index (χ4n) is 3.58. The molecular formula is C22H26O3. The van der Waals surface area contributed by atoms with Gasteiger partial charge in [0.05, 0.1) is 23.2 Å². The normalized spacial score (nSPS) is 27.8. The number of carbonyl (C=O) groups excluding carboxylic acids is 1. The van der Waals surface area contributed by atoms with Gasteiger partial charge >= 0.3 is 0 Å². The van der Waals surface area contributed by atoms with Gasteiger partial charge in [-0.2, -0.15) is 0 Å². The molecule has 1 heterocycles. The summed E-state index contributed by atoms with van der Waals surface area (Å²) < 4.78 is 6.07. The Balaban J connectivity index is 1.89. The van der Waals surface area contributed by atoms with E-state index >= 15 is 0 Å². The lowest BCUT2D eigenvalue weighted by atomic mass is 9.76. The van der Waals surface area contributed by atoms with E-state index in [1.165, 1.54) is 5.56 Å². The van der Waals surface area contributed by atoms with Crippen LogP contribution in [0.4, 0.5) is 0 Å². The second-order valence-electron chi connectivity index (χ2n) is 7.71. The van der Waals surface area contributed by atoms with Crippen molar-refractivity contribution in [2.45, 2.75) is 52.2 Å². The van der Waals surface area contributed by atoms with Crippen LogP contribution in [-0.4, -0.2) is 22.6 Å². The average Bonchev–Trinajstić information content (AvgIpc) is 2.53. The topological polar surface area (TPSA) is 46.5 Å². The third-order valence-corrected chi connectivity index (χ3v) is 5.07. The molecule has 1 aromatic carbocycles. The number of hydrogen-bond donors (Lipinski definition) is 1. The molecule has 0 radical (unpaired) electrons. The number of allylic oxidation sites excluding steroid dienone is 3. The molecule has 1 saturated heterocycles. The molecule has 1 fully saturated rings. The minimum absolute atomic E-state index is 0.00782. The number of aliphatic hydroxyl groups is 1. The molecule has 3 heteroatoms. The third-order valence-electron chi connectivity index (χ3n) is 5.07. The molecule has 0 aromatic heterocycles. The fourth-order valence-corrected chi connectivity index (χ4v) is 3.58. The van der Waals surface area contributed by atoms with E-state index in [1.54, 1.807) is 6.08 Å². The third kappa shape index (κ3) is 3.77. The van der Waals surface area contributed by atoms with Crippen LogP contribution >= 0.6 is 0 Å². The number of rotatable bonds is 2. The summed E-state index contributed by atoms with van der Waals surface area (Å²) in [7, 11) is 0. The SMILES string of the molecule is CC1=CC2OC(C)(C)CCC2C(=O)C1=C(O)/C=C/c1ccc(C)cc1. The number of aryl methyl sites for hydroxylation is 1. The van der Waals surface area contributed by atoms with Crippen LogP contribution in [0.2, 0.25) is 0 Å². The lowest BCUT2D eigenvalue weighted by Crippen LogP contribution is -2.45. The van der Waals surface area contributed by atoms with Crippen LogP contribution in [0.5, 0.6) is 0 Å². The summed E-state index contributed by atoms with van der Waals surface area (Å²) in [6, 6.07) is 8.02. The van der Waals surface area contributed by atoms with Crippen LogP contribution in [-0.2, 0) is 9.53 Å². The van der Waals surface area contributed by atoms with Crippen LogP contribution in [0.25, 0.3) is 6.08 Å². The van der Waals surface area contributed by atoms with E-state index in [0.717, 1.165) is 24.0 Å². The fraction of sp³-hybridized carbons (Fsp3) is 0.409. The molecule has 2 unspecified atom stereocenters. The summed E-state index contributed by atoms with van der Waals surface area (Å²) in [6.45, 7) is 8.02. The van der Waals surface area contributed by atoms with Crippen molar-refractivity contribution in [2.24, 2.45) is 5.92 Å². The Morgan fingerprint density at radius 1 is 1.24 bits per heavy atom. The second-order valence-corrected chi connectivity index (χ2v) is 7.71. The second kappa shape index (κ2) is 6.64. The lowest BCUT2D eigenvalue weighted by Gasteiger charge is -2.41. The van der Waals surface area contributed by atoms with Gasteiger partial charge in [0.25, 0.3) is 0 Å². The Bertz CT molecular complexity index is 763. The number of fused-ring (bicyclic) bond motifs is 1. The molecule has 0 bridgehead atoms. The maximum Gasteiger partial charge on any atom is 0.172 e. The largest absolute Gasteiger partial charge is 0.507 e. The molecule has 0 amide bonds. The molecule has 2 atom stereocenters. The van der Waals surface area contributed by atoms with Gasteiger partial charge in [0.2, 0.25) is 0 Å². The highest BCUT2D eigenvalue weighted by Gasteiger charge is 2.42. The number of ether oxygens (including phenoxy) is 1. The first kappa shape index (κ1) is 17.7. The van der Waals surface area contributed by atoms with Crippen molar-refractivity contribution in [3.8, 4) is 0 Å². The Morgan fingerprint density at radius 2 is 1.92 bits per heavy atom. The van der Waals surface area contributed by atoms with Crippen LogP contribution in [0.1, 0.15) is 44.7 Å². The Morgan fingerprint density at radius 3 is 2.60 bits per heavy atom. The zero-order chi connectivity index (χ0) is 18.2. The van der Waals surface area contributed by atoms with Gasteiger partial charge in [-0.15, -0.1) is 0 Å². The molecule has 1 aliphatic heterocycles. The maximum atomic E-state index is 12.9. The highest BCUT2D eigenvalue weighted by atomic mass is 16.5. The lowest BCUT2D eigenvalue weighted by molar-refractivity contribution is -0.142. The van der Waals surface area contributed by atoms with Gasteiger partial charge in [0, 0.05) is 0 Å². The first-order chi connectivity index (χ1) is 11.8. The van der Waals surface area contributed by atoms with Crippen molar-refractivity contribution in [3.63, 3.8) is 0 Å². The zero-order valence-corrected chi connectivity index (χ0v) is 15.4. The predicted molar refractivity (Wildman–Crippen MR) is 100 cm³/mol. The monoisotopic (exact) mass is 338 g/mol. The van der Waals surface area contributed by atoms with E-state index in [-0.39, 0.29) is 29.2 Å². The van der Waals surface area contributed by atoms with Gasteiger partial charge in [-0.1, -0.05) is 42.0 Å². The molecular weight excluding hydrogens is 312 g/mol.